The maximum Gasteiger partial charge on any atom is 0.334 e. The predicted molar refractivity (Wildman–Crippen MR) is 112 cm³/mol. The molecule has 2 aliphatic rings. The Hall–Kier alpha value is -0.650. The second-order valence-corrected chi connectivity index (χ2v) is 10.2. The van der Waals surface area contributed by atoms with E-state index in [1.54, 1.807) is 13.8 Å². The van der Waals surface area contributed by atoms with Gasteiger partial charge in [-0.25, -0.2) is 4.79 Å². The Balaban J connectivity index is 0.000000292. The average molecular weight is 401 g/mol. The number of carbonyl (C=O) groups is 1. The maximum absolute atomic E-state index is 11.4. The van der Waals surface area contributed by atoms with Gasteiger partial charge < -0.3 is 20.1 Å². The first-order valence-corrected chi connectivity index (χ1v) is 11.1. The fourth-order valence-corrected chi connectivity index (χ4v) is 4.67. The minimum Gasteiger partial charge on any atom is -0.460 e. The Kier molecular flexibility index (Phi) is 9.92. The van der Waals surface area contributed by atoms with Gasteiger partial charge in [-0.3, -0.25) is 0 Å². The lowest BCUT2D eigenvalue weighted by atomic mass is 9.73. The van der Waals surface area contributed by atoms with E-state index in [1.165, 1.54) is 13.3 Å². The highest BCUT2D eigenvalue weighted by Crippen LogP contribution is 2.36. The number of rotatable bonds is 4. The van der Waals surface area contributed by atoms with Gasteiger partial charge >= 0.3 is 5.97 Å². The molecule has 0 spiro atoms. The monoisotopic (exact) mass is 400 g/mol. The van der Waals surface area contributed by atoms with Crippen molar-refractivity contribution < 1.29 is 24.9 Å². The predicted octanol–water partition coefficient (Wildman–Crippen LogP) is 3.93. The first-order valence-electron chi connectivity index (χ1n) is 11.1. The van der Waals surface area contributed by atoms with Crippen molar-refractivity contribution in [1.29, 1.82) is 0 Å². The van der Waals surface area contributed by atoms with E-state index in [-0.39, 0.29) is 18.1 Å². The summed E-state index contributed by atoms with van der Waals surface area (Å²) in [5.74, 6) is 1.78. The maximum atomic E-state index is 11.4. The van der Waals surface area contributed by atoms with Gasteiger partial charge in [0.25, 0.3) is 0 Å². The molecule has 2 fully saturated rings. The molecule has 2 aliphatic carbocycles. The smallest absolute Gasteiger partial charge is 0.334 e. The molecule has 0 aromatic rings. The van der Waals surface area contributed by atoms with Crippen molar-refractivity contribution in [1.82, 2.24) is 0 Å². The molecule has 0 aliphatic heterocycles. The van der Waals surface area contributed by atoms with Crippen LogP contribution >= 0.6 is 0 Å². The fraction of sp³-hybridized carbons (Fsp3) is 0.957. The van der Waals surface area contributed by atoms with Gasteiger partial charge in [0.05, 0.1) is 11.7 Å². The van der Waals surface area contributed by atoms with Gasteiger partial charge in [-0.2, -0.15) is 0 Å². The van der Waals surface area contributed by atoms with Gasteiger partial charge in [-0.05, 0) is 70.1 Å². The first-order chi connectivity index (χ1) is 12.8. The number of hydrogen-bond donors (Lipinski definition) is 3. The minimum absolute atomic E-state index is 0.00847. The van der Waals surface area contributed by atoms with Crippen LogP contribution < -0.4 is 0 Å². The van der Waals surface area contributed by atoms with Crippen LogP contribution in [0.5, 0.6) is 0 Å². The number of aliphatic hydroxyl groups is 3. The number of hydrogen-bond acceptors (Lipinski definition) is 5. The summed E-state index contributed by atoms with van der Waals surface area (Å²) >= 11 is 0. The van der Waals surface area contributed by atoms with Crippen molar-refractivity contribution in [3.8, 4) is 0 Å². The topological polar surface area (TPSA) is 87.0 Å². The van der Waals surface area contributed by atoms with Crippen molar-refractivity contribution in [2.24, 2.45) is 29.6 Å². The van der Waals surface area contributed by atoms with Gasteiger partial charge in [-0.15, -0.1) is 0 Å². The summed E-state index contributed by atoms with van der Waals surface area (Å²) in [4.78, 5) is 11.4. The SMILES string of the molecule is CC1CCC(C(C)(C)O)C(O)C1.CC1CCC(C(C)C)C(OC(=O)C(C)O)C1. The third-order valence-electron chi connectivity index (χ3n) is 6.56. The molecule has 0 aromatic heterocycles. The van der Waals surface area contributed by atoms with E-state index >= 15 is 0 Å². The molecule has 2 saturated carbocycles. The van der Waals surface area contributed by atoms with Crippen molar-refractivity contribution in [3.63, 3.8) is 0 Å². The van der Waals surface area contributed by atoms with Crippen LogP contribution in [0.1, 0.15) is 87.0 Å². The highest BCUT2D eigenvalue weighted by Gasteiger charge is 2.36. The third kappa shape index (κ3) is 8.00. The molecule has 5 nitrogen and oxygen atoms in total. The van der Waals surface area contributed by atoms with E-state index < -0.39 is 17.7 Å². The molecule has 0 saturated heterocycles. The molecular weight excluding hydrogens is 356 g/mol. The zero-order chi connectivity index (χ0) is 21.6. The molecule has 0 bridgehead atoms. The van der Waals surface area contributed by atoms with Crippen molar-refractivity contribution >= 4 is 5.97 Å². The van der Waals surface area contributed by atoms with Crippen LogP contribution in [-0.4, -0.2) is 45.2 Å². The molecule has 0 amide bonds. The third-order valence-corrected chi connectivity index (χ3v) is 6.56. The molecule has 0 aromatic carbocycles. The minimum atomic E-state index is -1.01. The Bertz CT molecular complexity index is 468. The normalized spacial score (nSPS) is 35.0. The van der Waals surface area contributed by atoms with Crippen LogP contribution in [0, 0.1) is 29.6 Å². The Morgan fingerprint density at radius 2 is 1.54 bits per heavy atom. The summed E-state index contributed by atoms with van der Waals surface area (Å²) in [5.41, 5.74) is -0.723. The quantitative estimate of drug-likeness (QED) is 0.623. The molecule has 166 valence electrons. The summed E-state index contributed by atoms with van der Waals surface area (Å²) in [6, 6.07) is 0. The molecule has 3 N–H and O–H groups in total. The van der Waals surface area contributed by atoms with Crippen LogP contribution in [-0.2, 0) is 9.53 Å². The lowest BCUT2D eigenvalue weighted by molar-refractivity contribution is -0.164. The van der Waals surface area contributed by atoms with Gasteiger partial charge in [-0.1, -0.05) is 40.5 Å². The van der Waals surface area contributed by atoms with Crippen molar-refractivity contribution in [2.75, 3.05) is 0 Å². The average Bonchev–Trinajstić information content (AvgIpc) is 2.53. The molecule has 0 heterocycles. The van der Waals surface area contributed by atoms with Crippen LogP contribution in [0.3, 0.4) is 0 Å². The number of carbonyl (C=O) groups excluding carboxylic acids is 1. The highest BCUT2D eigenvalue weighted by molar-refractivity contribution is 5.74. The van der Waals surface area contributed by atoms with E-state index in [1.807, 2.05) is 0 Å². The molecule has 7 unspecified atom stereocenters. The summed E-state index contributed by atoms with van der Waals surface area (Å²) in [6.07, 6.45) is 4.86. The summed E-state index contributed by atoms with van der Waals surface area (Å²) in [6.45, 7) is 13.7. The summed E-state index contributed by atoms with van der Waals surface area (Å²) in [5, 5.41) is 28.6. The van der Waals surface area contributed by atoms with E-state index in [2.05, 4.69) is 27.7 Å². The lowest BCUT2D eigenvalue weighted by Gasteiger charge is -2.38. The molecular formula is C23H44O5. The zero-order valence-corrected chi connectivity index (χ0v) is 19.0. The zero-order valence-electron chi connectivity index (χ0n) is 19.0. The van der Waals surface area contributed by atoms with E-state index in [9.17, 15) is 15.0 Å². The number of esters is 1. The number of ether oxygens (including phenoxy) is 1. The Morgan fingerprint density at radius 3 is 2.00 bits per heavy atom. The van der Waals surface area contributed by atoms with Crippen molar-refractivity contribution in [3.05, 3.63) is 0 Å². The largest absolute Gasteiger partial charge is 0.460 e. The Morgan fingerprint density at radius 1 is 1.00 bits per heavy atom. The second-order valence-electron chi connectivity index (χ2n) is 10.2. The van der Waals surface area contributed by atoms with Crippen LogP contribution in [0.25, 0.3) is 0 Å². The van der Waals surface area contributed by atoms with Crippen LogP contribution in [0.4, 0.5) is 0 Å². The Labute approximate surface area is 171 Å². The fourth-order valence-electron chi connectivity index (χ4n) is 4.67. The van der Waals surface area contributed by atoms with Gasteiger partial charge in [0.1, 0.15) is 12.2 Å². The highest BCUT2D eigenvalue weighted by atomic mass is 16.6. The standard InChI is InChI=1S/C13H24O3.C10H20O2/c1-8(2)11-6-5-9(3)7-12(11)16-13(15)10(4)14;1-7-4-5-8(9(11)6-7)10(2,3)12/h8-12,14H,5-7H2,1-4H3;7-9,11-12H,4-6H2,1-3H3. The first kappa shape index (κ1) is 25.4. The van der Waals surface area contributed by atoms with Crippen LogP contribution in [0.15, 0.2) is 0 Å². The molecule has 2 rings (SSSR count). The van der Waals surface area contributed by atoms with Crippen molar-refractivity contribution in [2.45, 2.75) is 111 Å². The molecule has 0 radical (unpaired) electrons. The summed E-state index contributed by atoms with van der Waals surface area (Å²) in [7, 11) is 0. The molecule has 5 heteroatoms. The summed E-state index contributed by atoms with van der Waals surface area (Å²) < 4.78 is 5.41. The van der Waals surface area contributed by atoms with E-state index in [0.29, 0.717) is 23.7 Å². The van der Waals surface area contributed by atoms with Gasteiger partial charge in [0.2, 0.25) is 0 Å². The van der Waals surface area contributed by atoms with Crippen LogP contribution in [0.2, 0.25) is 0 Å². The van der Waals surface area contributed by atoms with E-state index in [0.717, 1.165) is 32.1 Å². The molecule has 28 heavy (non-hydrogen) atoms. The number of aliphatic hydroxyl groups excluding tert-OH is 2. The second kappa shape index (κ2) is 10.9. The molecule has 7 atom stereocenters. The lowest BCUT2D eigenvalue weighted by Crippen LogP contribution is -2.42. The van der Waals surface area contributed by atoms with Gasteiger partial charge in [0.15, 0.2) is 0 Å². The van der Waals surface area contributed by atoms with Gasteiger partial charge in [0, 0.05) is 5.92 Å². The van der Waals surface area contributed by atoms with E-state index in [4.69, 9.17) is 9.84 Å².